The fraction of sp³-hybridized carbons (Fsp3) is 0.333. The summed E-state index contributed by atoms with van der Waals surface area (Å²) in [6.45, 7) is 3.07. The minimum atomic E-state index is -0.385. The highest BCUT2D eigenvalue weighted by Gasteiger charge is 2.18. The summed E-state index contributed by atoms with van der Waals surface area (Å²) in [5.74, 6) is -0.385. The Kier molecular flexibility index (Phi) is 5.14. The normalized spacial score (nSPS) is 10.8. The van der Waals surface area contributed by atoms with Crippen LogP contribution in [0.1, 0.15) is 27.8 Å². The lowest BCUT2D eigenvalue weighted by Gasteiger charge is -2.10. The van der Waals surface area contributed by atoms with Gasteiger partial charge in [0.15, 0.2) is 0 Å². The molecule has 0 bridgehead atoms. The predicted molar refractivity (Wildman–Crippen MR) is 82.9 cm³/mol. The van der Waals surface area contributed by atoms with Crippen LogP contribution < -0.4 is 0 Å². The van der Waals surface area contributed by atoms with Crippen molar-refractivity contribution in [3.63, 3.8) is 0 Å². The van der Waals surface area contributed by atoms with Crippen molar-refractivity contribution in [2.24, 2.45) is 0 Å². The number of halogens is 1. The zero-order valence-electron chi connectivity index (χ0n) is 11.9. The van der Waals surface area contributed by atoms with E-state index in [4.69, 9.17) is 9.47 Å². The molecule has 0 aliphatic heterocycles. The molecule has 0 aliphatic carbocycles. The molecule has 0 N–H and O–H groups in total. The Bertz CT molecular complexity index is 678. The molecule has 1 aromatic carbocycles. The van der Waals surface area contributed by atoms with Crippen molar-refractivity contribution in [3.8, 4) is 0 Å². The van der Waals surface area contributed by atoms with Crippen LogP contribution in [0.4, 0.5) is 0 Å². The summed E-state index contributed by atoms with van der Waals surface area (Å²) < 4.78 is 12.8. The van der Waals surface area contributed by atoms with Crippen LogP contribution in [0.25, 0.3) is 10.9 Å². The van der Waals surface area contributed by atoms with Crippen LogP contribution >= 0.6 is 15.9 Å². The number of nitrogens with zero attached hydrogens (tertiary/aromatic N) is 1. The van der Waals surface area contributed by atoms with Crippen LogP contribution in [0, 0.1) is 0 Å². The van der Waals surface area contributed by atoms with Gasteiger partial charge < -0.3 is 14.0 Å². The van der Waals surface area contributed by atoms with E-state index in [-0.39, 0.29) is 5.97 Å². The molecule has 0 unspecified atom stereocenters. The SMILES string of the molecule is CCOC(=O)c1cc2cc(C=O)cc(Br)c2n1CCOC. The number of aldehydes is 1. The smallest absolute Gasteiger partial charge is 0.354 e. The fourth-order valence-corrected chi connectivity index (χ4v) is 2.95. The van der Waals surface area contributed by atoms with Crippen LogP contribution in [0.15, 0.2) is 22.7 Å². The first-order chi connectivity index (χ1) is 10.1. The first kappa shape index (κ1) is 15.7. The third-order valence-electron chi connectivity index (χ3n) is 3.11. The standard InChI is InChI=1S/C15H16BrNO4/c1-3-21-15(19)13-8-11-6-10(9-18)7-12(16)14(11)17(13)4-5-20-2/h6-9H,3-5H2,1-2H3. The zero-order valence-corrected chi connectivity index (χ0v) is 13.5. The number of rotatable bonds is 6. The first-order valence-corrected chi connectivity index (χ1v) is 7.35. The predicted octanol–water partition coefficient (Wildman–Crippen LogP) is 3.04. The molecule has 21 heavy (non-hydrogen) atoms. The molecule has 0 atom stereocenters. The van der Waals surface area contributed by atoms with Crippen molar-refractivity contribution in [2.75, 3.05) is 20.3 Å². The van der Waals surface area contributed by atoms with E-state index >= 15 is 0 Å². The Balaban J connectivity index is 2.63. The molecule has 0 spiro atoms. The van der Waals surface area contributed by atoms with E-state index in [9.17, 15) is 9.59 Å². The van der Waals surface area contributed by atoms with E-state index in [2.05, 4.69) is 15.9 Å². The Labute approximate surface area is 131 Å². The van der Waals surface area contributed by atoms with Crippen molar-refractivity contribution in [2.45, 2.75) is 13.5 Å². The van der Waals surface area contributed by atoms with Gasteiger partial charge in [0.25, 0.3) is 0 Å². The van der Waals surface area contributed by atoms with Gasteiger partial charge in [0.1, 0.15) is 12.0 Å². The summed E-state index contributed by atoms with van der Waals surface area (Å²) in [5.41, 5.74) is 1.85. The number of hydrogen-bond acceptors (Lipinski definition) is 4. The number of hydrogen-bond donors (Lipinski definition) is 0. The van der Waals surface area contributed by atoms with Crippen molar-refractivity contribution in [3.05, 3.63) is 33.9 Å². The molecule has 0 saturated carbocycles. The lowest BCUT2D eigenvalue weighted by atomic mass is 10.2. The van der Waals surface area contributed by atoms with Crippen molar-refractivity contribution in [1.29, 1.82) is 0 Å². The average molecular weight is 354 g/mol. The van der Waals surface area contributed by atoms with E-state index < -0.39 is 0 Å². The average Bonchev–Trinajstić information content (AvgIpc) is 2.84. The molecule has 0 fully saturated rings. The van der Waals surface area contributed by atoms with Gasteiger partial charge in [-0.25, -0.2) is 4.79 Å². The summed E-state index contributed by atoms with van der Waals surface area (Å²) >= 11 is 3.46. The summed E-state index contributed by atoms with van der Waals surface area (Å²) in [6.07, 6.45) is 0.779. The highest BCUT2D eigenvalue weighted by molar-refractivity contribution is 9.10. The number of benzene rings is 1. The van der Waals surface area contributed by atoms with Gasteiger partial charge in [0, 0.05) is 29.1 Å². The van der Waals surface area contributed by atoms with Crippen LogP contribution in [0.3, 0.4) is 0 Å². The lowest BCUT2D eigenvalue weighted by Crippen LogP contribution is -2.14. The summed E-state index contributed by atoms with van der Waals surface area (Å²) in [5, 5.41) is 0.811. The highest BCUT2D eigenvalue weighted by atomic mass is 79.9. The second-order valence-electron chi connectivity index (χ2n) is 4.45. The molecule has 2 rings (SSSR count). The molecule has 0 saturated heterocycles. The summed E-state index contributed by atoms with van der Waals surface area (Å²) in [6, 6.07) is 5.22. The van der Waals surface area contributed by atoms with Gasteiger partial charge in [-0.2, -0.15) is 0 Å². The molecule has 1 aromatic heterocycles. The zero-order chi connectivity index (χ0) is 15.4. The molecule has 0 amide bonds. The highest BCUT2D eigenvalue weighted by Crippen LogP contribution is 2.29. The second-order valence-corrected chi connectivity index (χ2v) is 5.31. The Hall–Kier alpha value is -1.66. The van der Waals surface area contributed by atoms with Gasteiger partial charge in [-0.3, -0.25) is 4.79 Å². The third-order valence-corrected chi connectivity index (χ3v) is 3.71. The van der Waals surface area contributed by atoms with Crippen LogP contribution in [0.5, 0.6) is 0 Å². The maximum Gasteiger partial charge on any atom is 0.354 e. The van der Waals surface area contributed by atoms with Gasteiger partial charge >= 0.3 is 5.97 Å². The van der Waals surface area contributed by atoms with E-state index in [1.165, 1.54) is 0 Å². The van der Waals surface area contributed by atoms with Gasteiger partial charge in [-0.15, -0.1) is 0 Å². The van der Waals surface area contributed by atoms with Gasteiger partial charge in [-0.05, 0) is 41.1 Å². The molecule has 2 aromatic rings. The minimum absolute atomic E-state index is 0.311. The number of methoxy groups -OCH3 is 1. The van der Waals surface area contributed by atoms with Crippen molar-refractivity contribution < 1.29 is 19.1 Å². The largest absolute Gasteiger partial charge is 0.461 e. The third kappa shape index (κ3) is 3.16. The van der Waals surface area contributed by atoms with Gasteiger partial charge in [0.2, 0.25) is 0 Å². The topological polar surface area (TPSA) is 57.5 Å². The molecule has 0 aliphatic rings. The maximum absolute atomic E-state index is 12.1. The van der Waals surface area contributed by atoms with Crippen LogP contribution in [-0.2, 0) is 16.0 Å². The van der Waals surface area contributed by atoms with Crippen molar-refractivity contribution >= 4 is 39.1 Å². The number of esters is 1. The molecular weight excluding hydrogens is 338 g/mol. The van der Waals surface area contributed by atoms with E-state index in [0.717, 1.165) is 21.7 Å². The lowest BCUT2D eigenvalue weighted by molar-refractivity contribution is 0.0512. The van der Waals surface area contributed by atoms with E-state index in [1.54, 1.807) is 32.2 Å². The Morgan fingerprint density at radius 1 is 1.38 bits per heavy atom. The molecular formula is C15H16BrNO4. The number of aromatic nitrogens is 1. The minimum Gasteiger partial charge on any atom is -0.461 e. The quantitative estimate of drug-likeness (QED) is 0.591. The number of carbonyl (C=O) groups excluding carboxylic acids is 2. The van der Waals surface area contributed by atoms with Gasteiger partial charge in [-0.1, -0.05) is 0 Å². The van der Waals surface area contributed by atoms with Gasteiger partial charge in [0.05, 0.1) is 18.7 Å². The molecule has 6 heteroatoms. The second kappa shape index (κ2) is 6.87. The molecule has 1 heterocycles. The van der Waals surface area contributed by atoms with Crippen molar-refractivity contribution in [1.82, 2.24) is 4.57 Å². The Morgan fingerprint density at radius 2 is 2.14 bits per heavy atom. The molecule has 112 valence electrons. The summed E-state index contributed by atoms with van der Waals surface area (Å²) in [4.78, 5) is 23.1. The van der Waals surface area contributed by atoms with Crippen LogP contribution in [0.2, 0.25) is 0 Å². The van der Waals surface area contributed by atoms with Crippen LogP contribution in [-0.4, -0.2) is 37.1 Å². The number of ether oxygens (including phenoxy) is 2. The maximum atomic E-state index is 12.1. The monoisotopic (exact) mass is 353 g/mol. The first-order valence-electron chi connectivity index (χ1n) is 6.56. The van der Waals surface area contributed by atoms with E-state index in [0.29, 0.717) is 31.0 Å². The number of fused-ring (bicyclic) bond motifs is 1. The molecule has 0 radical (unpaired) electrons. The van der Waals surface area contributed by atoms with E-state index in [1.807, 2.05) is 4.57 Å². The fourth-order valence-electron chi connectivity index (χ4n) is 2.24. The Morgan fingerprint density at radius 3 is 2.76 bits per heavy atom. The summed E-state index contributed by atoms with van der Waals surface area (Å²) in [7, 11) is 1.61. The number of carbonyl (C=O) groups is 2. The molecule has 5 nitrogen and oxygen atoms in total.